The summed E-state index contributed by atoms with van der Waals surface area (Å²) in [7, 11) is -19.0. The number of benzene rings is 2. The maximum absolute atomic E-state index is 12.0. The van der Waals surface area contributed by atoms with Crippen molar-refractivity contribution in [3.05, 3.63) is 94.4 Å². The van der Waals surface area contributed by atoms with Crippen molar-refractivity contribution in [1.82, 2.24) is 0 Å². The third-order valence-electron chi connectivity index (χ3n) is 12.5. The van der Waals surface area contributed by atoms with Crippen molar-refractivity contribution in [3.8, 4) is 0 Å². The van der Waals surface area contributed by atoms with E-state index in [1.165, 1.54) is 24.3 Å². The summed E-state index contributed by atoms with van der Waals surface area (Å²) in [6.07, 6.45) is 11.5. The number of rotatable bonds is 14. The SMILES string of the molecule is CC1(C)/C(=C\C=C2/CC/C(=C\C=C3\N(CCS(=O)(=O)[O-])c4ccc(S(=O)(=O)[O-])cc4C3(C)C)C2=[N+]2CCC(CCCC(=O)O)CC2)N(CCS(=O)(=O)[O-])c2ccc(S(=O)(=O)[O-])cc21.[Na+].[Na+].[Na+]. The van der Waals surface area contributed by atoms with Gasteiger partial charge >= 0.3 is 94.6 Å². The summed E-state index contributed by atoms with van der Waals surface area (Å²) in [6.45, 7) is 8.01. The molecule has 2 aromatic rings. The number of anilines is 2. The van der Waals surface area contributed by atoms with Crippen LogP contribution < -0.4 is 98.5 Å². The number of piperidine rings is 1. The number of carboxylic acids is 1. The number of carbonyl (C=O) groups is 1. The predicted octanol–water partition coefficient (Wildman–Crippen LogP) is -4.97. The Morgan fingerprint density at radius 1 is 0.682 bits per heavy atom. The largest absolute Gasteiger partial charge is 1.00 e. The Labute approximate surface area is 454 Å². The zero-order valence-electron chi connectivity index (χ0n) is 38.3. The smallest absolute Gasteiger partial charge is 0.748 e. The monoisotopic (exact) mass is 1020 g/mol. The van der Waals surface area contributed by atoms with Gasteiger partial charge in [0, 0.05) is 77.1 Å². The molecule has 1 saturated heterocycles. The molecule has 1 aliphatic carbocycles. The van der Waals surface area contributed by atoms with Crippen LogP contribution in [0.15, 0.2) is 93.0 Å². The van der Waals surface area contributed by atoms with E-state index in [0.29, 0.717) is 72.2 Å². The Balaban J connectivity index is 0.00000385. The van der Waals surface area contributed by atoms with Gasteiger partial charge in [0.05, 0.1) is 41.5 Å². The number of carboxylic acid groups (broad SMARTS) is 1. The first-order valence-corrected chi connectivity index (χ1v) is 26.4. The second-order valence-corrected chi connectivity index (χ2v) is 23.2. The van der Waals surface area contributed by atoms with Crippen molar-refractivity contribution >= 4 is 63.5 Å². The zero-order valence-corrected chi connectivity index (χ0v) is 47.5. The van der Waals surface area contributed by atoms with Gasteiger partial charge in [-0.1, -0.05) is 39.8 Å². The molecule has 1 N–H and O–H groups in total. The zero-order chi connectivity index (χ0) is 46.5. The van der Waals surface area contributed by atoms with E-state index in [2.05, 4.69) is 4.58 Å². The fourth-order valence-electron chi connectivity index (χ4n) is 9.30. The van der Waals surface area contributed by atoms with Gasteiger partial charge in [0.25, 0.3) is 0 Å². The number of nitrogens with zero attached hydrogens (tertiary/aromatic N) is 3. The van der Waals surface area contributed by atoms with Crippen LogP contribution in [-0.4, -0.2) is 111 Å². The number of fused-ring (bicyclic) bond motifs is 2. The van der Waals surface area contributed by atoms with E-state index in [0.717, 1.165) is 48.3 Å². The van der Waals surface area contributed by atoms with Gasteiger partial charge in [-0.05, 0) is 91.3 Å². The fraction of sp³-hybridized carbons (Fsp3) is 0.476. The molecule has 0 bridgehead atoms. The van der Waals surface area contributed by atoms with E-state index >= 15 is 0 Å². The summed E-state index contributed by atoms with van der Waals surface area (Å²) in [6, 6.07) is 7.68. The van der Waals surface area contributed by atoms with E-state index in [9.17, 15) is 61.8 Å². The van der Waals surface area contributed by atoms with Gasteiger partial charge in [-0.2, -0.15) is 0 Å². The van der Waals surface area contributed by atoms with Crippen LogP contribution in [0.25, 0.3) is 0 Å². The standard InChI is InChI=1S/C42H53N3O14S4.3Na/c1-41(2)33-26-31(62(54,55)56)12-14-35(33)44(22-24-60(48,49)50)37(41)16-10-29-8-9-30(40(29)43-20-18-28(19-21-43)6-5-7-39(46)47)11-17-38-42(3,4)34-27-32(63(57,58)59)13-15-36(34)45(38)23-25-61(51,52)53;;;/h10-17,26-28H,5-9,18-25H2,1-4H3,(H4-,46,47,48,49,50,51,52,53,54,55,56,57,58,59);;;/q;3*+1/p-3. The van der Waals surface area contributed by atoms with E-state index in [1.54, 1.807) is 37.5 Å². The Kier molecular flexibility index (Phi) is 20.1. The van der Waals surface area contributed by atoms with Gasteiger partial charge in [0.1, 0.15) is 33.3 Å². The minimum absolute atomic E-state index is 0. The molecule has 0 atom stereocenters. The predicted molar refractivity (Wildman–Crippen MR) is 229 cm³/mol. The van der Waals surface area contributed by atoms with E-state index < -0.39 is 78.6 Å². The van der Waals surface area contributed by atoms with Crippen LogP contribution in [0.3, 0.4) is 0 Å². The average Bonchev–Trinajstić information content (AvgIpc) is 3.74. The molecule has 3 heterocycles. The Morgan fingerprint density at radius 3 is 1.42 bits per heavy atom. The van der Waals surface area contributed by atoms with Crippen LogP contribution in [-0.2, 0) is 56.1 Å². The first-order valence-electron chi connectivity index (χ1n) is 20.4. The summed E-state index contributed by atoms with van der Waals surface area (Å²) < 4.78 is 145. The second kappa shape index (κ2) is 22.5. The molecule has 2 fully saturated rings. The van der Waals surface area contributed by atoms with Crippen molar-refractivity contribution in [3.63, 3.8) is 0 Å². The van der Waals surface area contributed by atoms with Crippen molar-refractivity contribution in [2.45, 2.75) is 93.3 Å². The van der Waals surface area contributed by atoms with Crippen molar-refractivity contribution in [2.75, 3.05) is 47.5 Å². The van der Waals surface area contributed by atoms with Gasteiger partial charge in [-0.15, -0.1) is 0 Å². The van der Waals surface area contributed by atoms with E-state index in [-0.39, 0.29) is 108 Å². The molecular formula is C42H50N3Na3O14S4. The van der Waals surface area contributed by atoms with Gasteiger partial charge in [-0.3, -0.25) is 4.79 Å². The van der Waals surface area contributed by atoms with Crippen LogP contribution >= 0.6 is 0 Å². The minimum atomic E-state index is -4.84. The first kappa shape index (κ1) is 59.1. The van der Waals surface area contributed by atoms with Gasteiger partial charge < -0.3 is 33.1 Å². The molecule has 4 aliphatic rings. The Hall–Kier alpha value is -1.22. The average molecular weight is 1020 g/mol. The van der Waals surface area contributed by atoms with Crippen LogP contribution in [0.5, 0.6) is 0 Å². The van der Waals surface area contributed by atoms with Crippen molar-refractivity contribution < 1.29 is 155 Å². The van der Waals surface area contributed by atoms with Gasteiger partial charge in [0.2, 0.25) is 5.71 Å². The molecule has 2 aromatic carbocycles. The summed E-state index contributed by atoms with van der Waals surface area (Å²) >= 11 is 0. The molecule has 3 aliphatic heterocycles. The second-order valence-electron chi connectivity index (χ2n) is 17.4. The third kappa shape index (κ3) is 13.8. The number of hydrogen-bond acceptors (Lipinski definition) is 15. The van der Waals surface area contributed by atoms with Crippen molar-refractivity contribution in [2.24, 2.45) is 5.92 Å². The van der Waals surface area contributed by atoms with Crippen LogP contribution in [0, 0.1) is 5.92 Å². The molecule has 0 amide bonds. The fourth-order valence-corrected chi connectivity index (χ4v) is 11.1. The number of hydrogen-bond donors (Lipinski definition) is 1. The summed E-state index contributed by atoms with van der Waals surface area (Å²) in [5.41, 5.74) is 3.70. The van der Waals surface area contributed by atoms with E-state index in [1.807, 2.05) is 24.3 Å². The molecule has 6 rings (SSSR count). The molecule has 17 nitrogen and oxygen atoms in total. The summed E-state index contributed by atoms with van der Waals surface area (Å²) in [5.74, 6) is -2.03. The molecule has 344 valence electrons. The molecule has 24 heteroatoms. The Morgan fingerprint density at radius 2 is 1.08 bits per heavy atom. The topological polar surface area (TPSA) is 276 Å². The van der Waals surface area contributed by atoms with Crippen molar-refractivity contribution in [1.29, 1.82) is 0 Å². The van der Waals surface area contributed by atoms with Crippen LogP contribution in [0.2, 0.25) is 0 Å². The molecule has 0 radical (unpaired) electrons. The molecule has 0 aromatic heterocycles. The third-order valence-corrected chi connectivity index (χ3v) is 15.6. The number of aliphatic carboxylic acids is 1. The molecule has 1 saturated carbocycles. The molecule has 66 heavy (non-hydrogen) atoms. The summed E-state index contributed by atoms with van der Waals surface area (Å²) in [5, 5.41) is 9.17. The molecule has 0 spiro atoms. The van der Waals surface area contributed by atoms with E-state index in [4.69, 9.17) is 0 Å². The van der Waals surface area contributed by atoms with Gasteiger partial charge in [-0.25, -0.2) is 38.2 Å². The molecule has 0 unspecified atom stereocenters. The minimum Gasteiger partial charge on any atom is -0.748 e. The van der Waals surface area contributed by atoms with Crippen LogP contribution in [0.4, 0.5) is 11.4 Å². The normalized spacial score (nSPS) is 21.7. The number of allylic oxidation sites excluding steroid dienone is 8. The Bertz CT molecular complexity index is 2660. The first-order chi connectivity index (χ1) is 29.1. The maximum atomic E-state index is 12.0. The quantitative estimate of drug-likeness (QED) is 0.105. The maximum Gasteiger partial charge on any atom is 1.00 e. The summed E-state index contributed by atoms with van der Waals surface area (Å²) in [4.78, 5) is 13.6. The van der Waals surface area contributed by atoms with Gasteiger partial charge in [0.15, 0.2) is 0 Å². The van der Waals surface area contributed by atoms with Crippen LogP contribution in [0.1, 0.15) is 83.8 Å². The molecular weight excluding hydrogens is 968 g/mol.